The van der Waals surface area contributed by atoms with Crippen molar-refractivity contribution in [3.8, 4) is 5.75 Å². The minimum absolute atomic E-state index is 0. The third kappa shape index (κ3) is 6.61. The van der Waals surface area contributed by atoms with Crippen LogP contribution in [0.5, 0.6) is 5.75 Å². The topological polar surface area (TPSA) is 41.6 Å². The highest BCUT2D eigenvalue weighted by atomic mass is 35.5. The molecule has 0 spiro atoms. The number of piperidine rings is 1. The molecule has 4 nitrogen and oxygen atoms in total. The van der Waals surface area contributed by atoms with Crippen LogP contribution in [0.1, 0.15) is 12.8 Å². The molecule has 7 heteroatoms. The highest BCUT2D eigenvalue weighted by Gasteiger charge is 2.20. The number of benzene rings is 1. The van der Waals surface area contributed by atoms with Gasteiger partial charge in [0.1, 0.15) is 18.2 Å². The summed E-state index contributed by atoms with van der Waals surface area (Å²) in [4.78, 5) is 13.6. The number of hydrogen-bond donors (Lipinski definition) is 1. The van der Waals surface area contributed by atoms with Gasteiger partial charge < -0.3 is 10.1 Å². The molecule has 1 heterocycles. The SMILES string of the molecule is Cl.O=C(CCl)NC1CCN(CCOc2ccc(Cl)cc2)CC1. The van der Waals surface area contributed by atoms with Gasteiger partial charge in [-0.15, -0.1) is 24.0 Å². The minimum Gasteiger partial charge on any atom is -0.492 e. The lowest BCUT2D eigenvalue weighted by atomic mass is 10.1. The first-order valence-electron chi connectivity index (χ1n) is 7.13. The molecular weight excluding hydrogens is 347 g/mol. The lowest BCUT2D eigenvalue weighted by molar-refractivity contribution is -0.119. The molecule has 124 valence electrons. The van der Waals surface area contributed by atoms with Gasteiger partial charge in [-0.25, -0.2) is 0 Å². The maximum absolute atomic E-state index is 11.2. The lowest BCUT2D eigenvalue weighted by Crippen LogP contribution is -2.45. The Balaban J connectivity index is 0.00000242. The first-order valence-corrected chi connectivity index (χ1v) is 8.04. The summed E-state index contributed by atoms with van der Waals surface area (Å²) in [7, 11) is 0. The van der Waals surface area contributed by atoms with E-state index < -0.39 is 0 Å². The summed E-state index contributed by atoms with van der Waals surface area (Å²) in [5, 5.41) is 3.65. The van der Waals surface area contributed by atoms with E-state index in [1.807, 2.05) is 24.3 Å². The number of likely N-dealkylation sites (tertiary alicyclic amines) is 1. The Morgan fingerprint density at radius 1 is 1.27 bits per heavy atom. The summed E-state index contributed by atoms with van der Waals surface area (Å²) in [6.45, 7) is 3.48. The van der Waals surface area contributed by atoms with E-state index in [9.17, 15) is 4.79 Å². The number of ether oxygens (including phenoxy) is 1. The highest BCUT2D eigenvalue weighted by Crippen LogP contribution is 2.16. The van der Waals surface area contributed by atoms with Crippen LogP contribution in [-0.2, 0) is 4.79 Å². The quantitative estimate of drug-likeness (QED) is 0.786. The molecule has 22 heavy (non-hydrogen) atoms. The zero-order chi connectivity index (χ0) is 15.1. The molecule has 1 aromatic rings. The minimum atomic E-state index is -0.0822. The Kier molecular flexibility index (Phi) is 8.95. The van der Waals surface area contributed by atoms with E-state index in [1.165, 1.54) is 0 Å². The second kappa shape index (κ2) is 10.2. The van der Waals surface area contributed by atoms with Crippen LogP contribution in [0.4, 0.5) is 0 Å². The Morgan fingerprint density at radius 2 is 1.91 bits per heavy atom. The predicted molar refractivity (Wildman–Crippen MR) is 92.5 cm³/mol. The third-order valence-electron chi connectivity index (χ3n) is 3.56. The summed E-state index contributed by atoms with van der Waals surface area (Å²) in [6, 6.07) is 7.64. The van der Waals surface area contributed by atoms with Crippen molar-refractivity contribution in [3.63, 3.8) is 0 Å². The molecule has 1 amide bonds. The van der Waals surface area contributed by atoms with Crippen molar-refractivity contribution in [2.75, 3.05) is 32.1 Å². The first kappa shape index (κ1) is 19.4. The first-order chi connectivity index (χ1) is 10.2. The van der Waals surface area contributed by atoms with Gasteiger partial charge in [0.05, 0.1) is 0 Å². The van der Waals surface area contributed by atoms with Gasteiger partial charge in [0.15, 0.2) is 0 Å². The van der Waals surface area contributed by atoms with Gasteiger partial charge >= 0.3 is 0 Å². The van der Waals surface area contributed by atoms with Crippen LogP contribution in [0.15, 0.2) is 24.3 Å². The van der Waals surface area contributed by atoms with Gasteiger partial charge in [-0.1, -0.05) is 11.6 Å². The van der Waals surface area contributed by atoms with Gasteiger partial charge in [-0.2, -0.15) is 0 Å². The number of halogens is 3. The van der Waals surface area contributed by atoms with E-state index >= 15 is 0 Å². The maximum atomic E-state index is 11.2. The normalized spacial score (nSPS) is 15.9. The monoisotopic (exact) mass is 366 g/mol. The molecule has 0 aliphatic carbocycles. The zero-order valence-corrected chi connectivity index (χ0v) is 14.6. The molecule has 0 atom stereocenters. The Morgan fingerprint density at radius 3 is 2.50 bits per heavy atom. The van der Waals surface area contributed by atoms with E-state index in [1.54, 1.807) is 0 Å². The Bertz CT molecular complexity index is 449. The fourth-order valence-electron chi connectivity index (χ4n) is 2.39. The number of nitrogens with one attached hydrogen (secondary N) is 1. The summed E-state index contributed by atoms with van der Waals surface area (Å²) < 4.78 is 5.69. The van der Waals surface area contributed by atoms with E-state index in [2.05, 4.69) is 10.2 Å². The number of carbonyl (C=O) groups is 1. The number of rotatable bonds is 6. The summed E-state index contributed by atoms with van der Waals surface area (Å²) in [5.41, 5.74) is 0. The lowest BCUT2D eigenvalue weighted by Gasteiger charge is -2.32. The summed E-state index contributed by atoms with van der Waals surface area (Å²) >= 11 is 11.3. The largest absolute Gasteiger partial charge is 0.492 e. The van der Waals surface area contributed by atoms with Crippen LogP contribution in [0.2, 0.25) is 5.02 Å². The van der Waals surface area contributed by atoms with E-state index in [0.717, 1.165) is 38.2 Å². The average Bonchev–Trinajstić information content (AvgIpc) is 2.51. The van der Waals surface area contributed by atoms with Crippen molar-refractivity contribution in [2.24, 2.45) is 0 Å². The molecular formula is C15H21Cl3N2O2. The molecule has 0 unspecified atom stereocenters. The molecule has 1 aliphatic heterocycles. The van der Waals surface area contributed by atoms with Gasteiger partial charge in [-0.3, -0.25) is 9.69 Å². The summed E-state index contributed by atoms with van der Waals surface area (Å²) in [6.07, 6.45) is 1.92. The number of nitrogens with zero attached hydrogens (tertiary/aromatic N) is 1. The second-order valence-corrected chi connectivity index (χ2v) is 5.82. The third-order valence-corrected chi connectivity index (χ3v) is 4.06. The number of amides is 1. The van der Waals surface area contributed by atoms with Crippen molar-refractivity contribution >= 4 is 41.5 Å². The number of carbonyl (C=O) groups excluding carboxylic acids is 1. The van der Waals surface area contributed by atoms with E-state index in [0.29, 0.717) is 11.6 Å². The predicted octanol–water partition coefficient (Wildman–Crippen LogP) is 2.96. The van der Waals surface area contributed by atoms with E-state index in [-0.39, 0.29) is 30.2 Å². The van der Waals surface area contributed by atoms with Crippen molar-refractivity contribution in [1.29, 1.82) is 0 Å². The second-order valence-electron chi connectivity index (χ2n) is 5.12. The Hall–Kier alpha value is -0.680. The number of hydrogen-bond acceptors (Lipinski definition) is 3. The van der Waals surface area contributed by atoms with Gasteiger partial charge in [-0.05, 0) is 37.1 Å². The molecule has 1 saturated heterocycles. The molecule has 1 N–H and O–H groups in total. The van der Waals surface area contributed by atoms with Crippen LogP contribution in [-0.4, -0.2) is 49.0 Å². The van der Waals surface area contributed by atoms with Crippen LogP contribution >= 0.6 is 35.6 Å². The highest BCUT2D eigenvalue weighted by molar-refractivity contribution is 6.30. The van der Waals surface area contributed by atoms with Crippen molar-refractivity contribution in [3.05, 3.63) is 29.3 Å². The molecule has 1 aliphatic rings. The van der Waals surface area contributed by atoms with Crippen LogP contribution in [0, 0.1) is 0 Å². The summed E-state index contributed by atoms with van der Waals surface area (Å²) in [5.74, 6) is 0.791. The molecule has 0 saturated carbocycles. The van der Waals surface area contributed by atoms with Gasteiger partial charge in [0.2, 0.25) is 5.91 Å². The fraction of sp³-hybridized carbons (Fsp3) is 0.533. The maximum Gasteiger partial charge on any atom is 0.235 e. The standard InChI is InChI=1S/C15H20Cl2N2O2.ClH/c16-11-15(20)18-13-5-7-19(8-6-13)9-10-21-14-3-1-12(17)2-4-14;/h1-4,13H,5-11H2,(H,18,20);1H. The van der Waals surface area contributed by atoms with Gasteiger partial charge in [0, 0.05) is 30.7 Å². The fourth-order valence-corrected chi connectivity index (χ4v) is 2.59. The molecule has 1 fully saturated rings. The molecule has 0 bridgehead atoms. The molecule has 0 aromatic heterocycles. The smallest absolute Gasteiger partial charge is 0.235 e. The van der Waals surface area contributed by atoms with Crippen LogP contribution in [0.3, 0.4) is 0 Å². The molecule has 0 radical (unpaired) electrons. The van der Waals surface area contributed by atoms with Crippen molar-refractivity contribution in [1.82, 2.24) is 10.2 Å². The van der Waals surface area contributed by atoms with Crippen molar-refractivity contribution in [2.45, 2.75) is 18.9 Å². The zero-order valence-electron chi connectivity index (χ0n) is 12.3. The molecule has 2 rings (SSSR count). The molecule has 1 aromatic carbocycles. The van der Waals surface area contributed by atoms with E-state index in [4.69, 9.17) is 27.9 Å². The Labute approximate surface area is 147 Å². The van der Waals surface area contributed by atoms with Crippen LogP contribution < -0.4 is 10.1 Å². The average molecular weight is 368 g/mol. The number of alkyl halides is 1. The van der Waals surface area contributed by atoms with Crippen LogP contribution in [0.25, 0.3) is 0 Å². The van der Waals surface area contributed by atoms with Crippen molar-refractivity contribution < 1.29 is 9.53 Å². The van der Waals surface area contributed by atoms with Gasteiger partial charge in [0.25, 0.3) is 0 Å².